The monoisotopic (exact) mass is 423 g/mol. The molecule has 2 aliphatic heterocycles. The fourth-order valence-electron chi connectivity index (χ4n) is 5.30. The van der Waals surface area contributed by atoms with Crippen LogP contribution < -0.4 is 4.90 Å². The topological polar surface area (TPSA) is 54.3 Å². The van der Waals surface area contributed by atoms with Crippen LogP contribution in [-0.4, -0.2) is 38.4 Å². The molecule has 6 heteroatoms. The van der Waals surface area contributed by atoms with E-state index in [0.717, 1.165) is 66.0 Å². The Balaban J connectivity index is 1.33. The molecule has 1 saturated heterocycles. The minimum atomic E-state index is -0.456. The van der Waals surface area contributed by atoms with E-state index in [9.17, 15) is 4.79 Å². The Kier molecular flexibility index (Phi) is 4.36. The van der Waals surface area contributed by atoms with Gasteiger partial charge in [-0.05, 0) is 61.1 Å². The van der Waals surface area contributed by atoms with Crippen molar-refractivity contribution in [1.82, 2.24) is 19.4 Å². The van der Waals surface area contributed by atoms with Crippen molar-refractivity contribution in [1.29, 1.82) is 0 Å². The maximum Gasteiger partial charge on any atom is 0.242 e. The molecule has 0 atom stereocenters. The average Bonchev–Trinajstić information content (AvgIpc) is 3.34. The summed E-state index contributed by atoms with van der Waals surface area (Å²) in [5.41, 5.74) is 2.65. The second-order valence-corrected chi connectivity index (χ2v) is 8.88. The molecule has 4 aromatic rings. The number of hydrogen-bond acceptors (Lipinski definition) is 4. The lowest BCUT2D eigenvalue weighted by atomic mass is 9.73. The predicted molar refractivity (Wildman–Crippen MR) is 125 cm³/mol. The van der Waals surface area contributed by atoms with E-state index in [-0.39, 0.29) is 5.91 Å². The van der Waals surface area contributed by atoms with E-state index in [1.54, 1.807) is 6.20 Å². The minimum absolute atomic E-state index is 0.198. The van der Waals surface area contributed by atoms with Gasteiger partial charge in [-0.2, -0.15) is 0 Å². The number of pyridine rings is 1. The maximum atomic E-state index is 14.0. The lowest BCUT2D eigenvalue weighted by molar-refractivity contribution is -0.124. The third kappa shape index (κ3) is 2.87. The van der Waals surface area contributed by atoms with Gasteiger partial charge in [0.25, 0.3) is 0 Å². The van der Waals surface area contributed by atoms with Gasteiger partial charge in [-0.1, -0.05) is 24.3 Å². The van der Waals surface area contributed by atoms with Crippen LogP contribution in [0.25, 0.3) is 10.8 Å². The zero-order chi connectivity index (χ0) is 21.7. The van der Waals surface area contributed by atoms with Gasteiger partial charge in [0.05, 0.1) is 17.6 Å². The first kappa shape index (κ1) is 19.2. The lowest BCUT2D eigenvalue weighted by Crippen LogP contribution is -2.47. The van der Waals surface area contributed by atoms with Gasteiger partial charge < -0.3 is 4.57 Å². The van der Waals surface area contributed by atoms with Crippen molar-refractivity contribution in [2.24, 2.45) is 7.05 Å². The molecule has 6 nitrogen and oxygen atoms in total. The van der Waals surface area contributed by atoms with Crippen molar-refractivity contribution in [2.75, 3.05) is 18.0 Å². The molecule has 0 bridgehead atoms. The third-order valence-corrected chi connectivity index (χ3v) is 7.15. The number of carbonyl (C=O) groups excluding carboxylic acids is 1. The predicted octanol–water partition coefficient (Wildman–Crippen LogP) is 4.18. The molecule has 0 unspecified atom stereocenters. The number of fused-ring (bicyclic) bond motifs is 3. The zero-order valence-corrected chi connectivity index (χ0v) is 18.1. The Morgan fingerprint density at radius 1 is 1.00 bits per heavy atom. The number of piperidine rings is 1. The summed E-state index contributed by atoms with van der Waals surface area (Å²) in [5, 5.41) is 2.17. The van der Waals surface area contributed by atoms with Gasteiger partial charge in [-0.15, -0.1) is 0 Å². The molecule has 0 N–H and O–H groups in total. The number of anilines is 2. The first-order chi connectivity index (χ1) is 15.7. The van der Waals surface area contributed by atoms with Crippen LogP contribution in [0.4, 0.5) is 11.4 Å². The lowest BCUT2D eigenvalue weighted by Gasteiger charge is -2.38. The summed E-state index contributed by atoms with van der Waals surface area (Å²) in [6.45, 7) is 2.58. The molecule has 160 valence electrons. The van der Waals surface area contributed by atoms with Gasteiger partial charge in [0.15, 0.2) is 0 Å². The Labute approximate surface area is 187 Å². The quantitative estimate of drug-likeness (QED) is 0.496. The maximum absolute atomic E-state index is 14.0. The molecule has 0 saturated carbocycles. The molecule has 0 radical (unpaired) electrons. The largest absolute Gasteiger partial charge is 0.337 e. The van der Waals surface area contributed by atoms with Crippen molar-refractivity contribution in [3.63, 3.8) is 0 Å². The van der Waals surface area contributed by atoms with Crippen molar-refractivity contribution in [3.05, 3.63) is 84.7 Å². The van der Waals surface area contributed by atoms with E-state index >= 15 is 0 Å². The first-order valence-electron chi connectivity index (χ1n) is 11.1. The van der Waals surface area contributed by atoms with E-state index in [4.69, 9.17) is 0 Å². The highest BCUT2D eigenvalue weighted by molar-refractivity contribution is 6.13. The second-order valence-electron chi connectivity index (χ2n) is 8.88. The molecule has 0 aliphatic carbocycles. The molecular formula is C26H25N5O. The zero-order valence-electron chi connectivity index (χ0n) is 18.1. The fraction of sp³-hybridized carbons (Fsp3) is 0.269. The summed E-state index contributed by atoms with van der Waals surface area (Å²) < 4.78 is 2.07. The summed E-state index contributed by atoms with van der Waals surface area (Å²) >= 11 is 0. The summed E-state index contributed by atoms with van der Waals surface area (Å²) in [5.74, 6) is 1.26. The number of nitrogens with zero attached hydrogens (tertiary/aromatic N) is 5. The van der Waals surface area contributed by atoms with Gasteiger partial charge in [0.2, 0.25) is 5.91 Å². The normalized spacial score (nSPS) is 17.9. The molecule has 4 heterocycles. The molecule has 1 amide bonds. The Morgan fingerprint density at radius 2 is 1.84 bits per heavy atom. The van der Waals surface area contributed by atoms with Gasteiger partial charge in [-0.3, -0.25) is 19.6 Å². The summed E-state index contributed by atoms with van der Waals surface area (Å²) in [6, 6.07) is 16.5. The van der Waals surface area contributed by atoms with Gasteiger partial charge >= 0.3 is 0 Å². The number of aromatic nitrogens is 3. The van der Waals surface area contributed by atoms with E-state index in [0.29, 0.717) is 0 Å². The first-order valence-corrected chi connectivity index (χ1v) is 11.1. The van der Waals surface area contributed by atoms with Gasteiger partial charge in [-0.25, -0.2) is 4.98 Å². The van der Waals surface area contributed by atoms with Crippen LogP contribution in [0, 0.1) is 0 Å². The average molecular weight is 424 g/mol. The van der Waals surface area contributed by atoms with Crippen LogP contribution in [0.15, 0.2) is 73.3 Å². The molecule has 6 rings (SSSR count). The molecule has 1 spiro atoms. The summed E-state index contributed by atoms with van der Waals surface area (Å²) in [7, 11) is 2.03. The van der Waals surface area contributed by atoms with Gasteiger partial charge in [0, 0.05) is 42.9 Å². The Bertz CT molecular complexity index is 1320. The number of para-hydroxylation sites is 1. The minimum Gasteiger partial charge on any atom is -0.337 e. The van der Waals surface area contributed by atoms with Crippen molar-refractivity contribution >= 4 is 28.1 Å². The van der Waals surface area contributed by atoms with E-state index in [2.05, 4.69) is 43.7 Å². The number of aryl methyl sites for hydroxylation is 1. The molecule has 1 fully saturated rings. The third-order valence-electron chi connectivity index (χ3n) is 7.15. The van der Waals surface area contributed by atoms with E-state index in [1.165, 1.54) is 0 Å². The Hall–Kier alpha value is -3.51. The van der Waals surface area contributed by atoms with Gasteiger partial charge in [0.1, 0.15) is 5.82 Å². The summed E-state index contributed by atoms with van der Waals surface area (Å²) in [4.78, 5) is 27.1. The van der Waals surface area contributed by atoms with Crippen molar-refractivity contribution in [2.45, 2.75) is 24.8 Å². The van der Waals surface area contributed by atoms with Crippen LogP contribution in [0.1, 0.15) is 24.2 Å². The molecule has 32 heavy (non-hydrogen) atoms. The summed E-state index contributed by atoms with van der Waals surface area (Å²) in [6.07, 6.45) is 9.12. The van der Waals surface area contributed by atoms with Crippen LogP contribution in [0.3, 0.4) is 0 Å². The Morgan fingerprint density at radius 3 is 2.66 bits per heavy atom. The smallest absolute Gasteiger partial charge is 0.242 e. The van der Waals surface area contributed by atoms with Crippen LogP contribution in [-0.2, 0) is 23.8 Å². The number of likely N-dealkylation sites (tertiary alicyclic amines) is 1. The van der Waals surface area contributed by atoms with Crippen molar-refractivity contribution in [3.8, 4) is 0 Å². The number of benzene rings is 2. The highest BCUT2D eigenvalue weighted by atomic mass is 16.2. The molecule has 2 aliphatic rings. The van der Waals surface area contributed by atoms with Crippen LogP contribution in [0.5, 0.6) is 0 Å². The van der Waals surface area contributed by atoms with E-state index < -0.39 is 5.41 Å². The number of carbonyl (C=O) groups is 1. The highest BCUT2D eigenvalue weighted by Crippen LogP contribution is 2.50. The van der Waals surface area contributed by atoms with E-state index in [1.807, 2.05) is 54.8 Å². The van der Waals surface area contributed by atoms with Crippen LogP contribution in [0.2, 0.25) is 0 Å². The van der Waals surface area contributed by atoms with Crippen molar-refractivity contribution < 1.29 is 4.79 Å². The molecular weight excluding hydrogens is 398 g/mol. The number of rotatable bonds is 3. The molecule has 2 aromatic heterocycles. The number of hydrogen-bond donors (Lipinski definition) is 0. The highest BCUT2D eigenvalue weighted by Gasteiger charge is 2.52. The van der Waals surface area contributed by atoms with Crippen LogP contribution >= 0.6 is 0 Å². The number of imidazole rings is 1. The standard InChI is InChI=1S/C26H25N5O/c1-29-15-12-28-24(29)18-30-13-9-26(10-14-30)22-4-2-3-5-23(22)31(25(26)32)21-7-6-20-17-27-11-8-19(20)16-21/h2-8,11-12,15-17H,9-10,13-14,18H2,1H3. The fourth-order valence-corrected chi connectivity index (χ4v) is 5.30. The SMILES string of the molecule is Cn1ccnc1CN1CCC2(CC1)C(=O)N(c1ccc3cnccc3c1)c1ccccc12. The number of amides is 1. The molecule has 2 aromatic carbocycles. The second kappa shape index (κ2) is 7.28.